The number of aromatic nitrogens is 1. The van der Waals surface area contributed by atoms with E-state index in [1.807, 2.05) is 6.07 Å². The number of rotatable bonds is 5. The van der Waals surface area contributed by atoms with Crippen LogP contribution in [0.15, 0.2) is 30.3 Å². The fourth-order valence-electron chi connectivity index (χ4n) is 2.26. The van der Waals surface area contributed by atoms with E-state index in [-0.39, 0.29) is 5.82 Å². The molecular formula is C16H21FN2. The monoisotopic (exact) mass is 260 g/mol. The second-order valence-corrected chi connectivity index (χ2v) is 5.01. The van der Waals surface area contributed by atoms with Gasteiger partial charge in [-0.2, -0.15) is 0 Å². The SMILES string of the molecule is Cc1cc(CNCCc2cccc(F)c2)c(C)n1C. The highest BCUT2D eigenvalue weighted by Gasteiger charge is 2.05. The summed E-state index contributed by atoms with van der Waals surface area (Å²) in [4.78, 5) is 0. The van der Waals surface area contributed by atoms with Crippen molar-refractivity contribution in [2.24, 2.45) is 7.05 Å². The smallest absolute Gasteiger partial charge is 0.123 e. The first-order valence-corrected chi connectivity index (χ1v) is 6.65. The Kier molecular flexibility index (Phi) is 4.38. The zero-order chi connectivity index (χ0) is 13.8. The lowest BCUT2D eigenvalue weighted by Crippen LogP contribution is -2.17. The van der Waals surface area contributed by atoms with Crippen molar-refractivity contribution in [3.8, 4) is 0 Å². The largest absolute Gasteiger partial charge is 0.352 e. The Bertz CT molecular complexity index is 558. The van der Waals surface area contributed by atoms with Crippen LogP contribution >= 0.6 is 0 Å². The highest BCUT2D eigenvalue weighted by Crippen LogP contribution is 2.12. The van der Waals surface area contributed by atoms with E-state index in [0.717, 1.165) is 25.1 Å². The van der Waals surface area contributed by atoms with Gasteiger partial charge in [-0.3, -0.25) is 0 Å². The van der Waals surface area contributed by atoms with Gasteiger partial charge in [0.1, 0.15) is 5.82 Å². The molecule has 0 amide bonds. The van der Waals surface area contributed by atoms with E-state index < -0.39 is 0 Å². The third-order valence-corrected chi connectivity index (χ3v) is 3.67. The maximum absolute atomic E-state index is 13.0. The molecule has 0 atom stereocenters. The van der Waals surface area contributed by atoms with Crippen molar-refractivity contribution >= 4 is 0 Å². The van der Waals surface area contributed by atoms with E-state index in [4.69, 9.17) is 0 Å². The summed E-state index contributed by atoms with van der Waals surface area (Å²) in [5, 5.41) is 3.42. The molecular weight excluding hydrogens is 239 g/mol. The van der Waals surface area contributed by atoms with Crippen LogP contribution in [0.25, 0.3) is 0 Å². The van der Waals surface area contributed by atoms with Gasteiger partial charge in [0.25, 0.3) is 0 Å². The predicted molar refractivity (Wildman–Crippen MR) is 76.7 cm³/mol. The molecule has 1 aromatic heterocycles. The Hall–Kier alpha value is -1.61. The molecule has 0 fully saturated rings. The van der Waals surface area contributed by atoms with Crippen LogP contribution in [0.2, 0.25) is 0 Å². The van der Waals surface area contributed by atoms with Crippen molar-refractivity contribution in [2.45, 2.75) is 26.8 Å². The molecule has 0 spiro atoms. The van der Waals surface area contributed by atoms with Gasteiger partial charge in [-0.1, -0.05) is 12.1 Å². The zero-order valence-electron chi connectivity index (χ0n) is 11.8. The quantitative estimate of drug-likeness (QED) is 0.817. The normalized spacial score (nSPS) is 10.9. The van der Waals surface area contributed by atoms with E-state index in [2.05, 4.69) is 36.8 Å². The van der Waals surface area contributed by atoms with Crippen LogP contribution in [0.5, 0.6) is 0 Å². The zero-order valence-corrected chi connectivity index (χ0v) is 11.8. The maximum Gasteiger partial charge on any atom is 0.123 e. The first-order chi connectivity index (χ1) is 9.08. The van der Waals surface area contributed by atoms with Gasteiger partial charge in [-0.05, 0) is 56.1 Å². The lowest BCUT2D eigenvalue weighted by Gasteiger charge is -2.06. The fraction of sp³-hybridized carbons (Fsp3) is 0.375. The average molecular weight is 260 g/mol. The summed E-state index contributed by atoms with van der Waals surface area (Å²) in [6.45, 7) is 5.97. The van der Waals surface area contributed by atoms with Crippen molar-refractivity contribution < 1.29 is 4.39 Å². The number of nitrogens with one attached hydrogen (secondary N) is 1. The molecule has 0 radical (unpaired) electrons. The lowest BCUT2D eigenvalue weighted by molar-refractivity contribution is 0.622. The van der Waals surface area contributed by atoms with Crippen molar-refractivity contribution in [1.29, 1.82) is 0 Å². The van der Waals surface area contributed by atoms with E-state index in [0.29, 0.717) is 0 Å². The van der Waals surface area contributed by atoms with Gasteiger partial charge in [-0.15, -0.1) is 0 Å². The summed E-state index contributed by atoms with van der Waals surface area (Å²) in [6, 6.07) is 9.01. The summed E-state index contributed by atoms with van der Waals surface area (Å²) >= 11 is 0. The molecule has 3 heteroatoms. The summed E-state index contributed by atoms with van der Waals surface area (Å²) in [5.74, 6) is -0.160. The third-order valence-electron chi connectivity index (χ3n) is 3.67. The molecule has 19 heavy (non-hydrogen) atoms. The van der Waals surface area contributed by atoms with E-state index in [1.165, 1.54) is 23.0 Å². The van der Waals surface area contributed by atoms with Crippen LogP contribution in [-0.2, 0) is 20.0 Å². The molecule has 0 unspecified atom stereocenters. The molecule has 0 aliphatic heterocycles. The molecule has 0 saturated heterocycles. The number of hydrogen-bond donors (Lipinski definition) is 1. The average Bonchev–Trinajstić information content (AvgIpc) is 2.62. The van der Waals surface area contributed by atoms with Crippen molar-refractivity contribution in [2.75, 3.05) is 6.54 Å². The highest BCUT2D eigenvalue weighted by molar-refractivity contribution is 5.26. The van der Waals surface area contributed by atoms with Gasteiger partial charge in [0, 0.05) is 25.0 Å². The Morgan fingerprint density at radius 3 is 2.63 bits per heavy atom. The minimum atomic E-state index is -0.160. The highest BCUT2D eigenvalue weighted by atomic mass is 19.1. The van der Waals surface area contributed by atoms with Gasteiger partial charge in [-0.25, -0.2) is 4.39 Å². The van der Waals surface area contributed by atoms with Gasteiger partial charge in [0.15, 0.2) is 0 Å². The maximum atomic E-state index is 13.0. The summed E-state index contributed by atoms with van der Waals surface area (Å²) in [7, 11) is 2.08. The first kappa shape index (κ1) is 13.8. The van der Waals surface area contributed by atoms with Crippen LogP contribution in [0, 0.1) is 19.7 Å². The third kappa shape index (κ3) is 3.44. The van der Waals surface area contributed by atoms with E-state index >= 15 is 0 Å². The predicted octanol–water partition coefficient (Wildman–Crippen LogP) is 3.11. The minimum absolute atomic E-state index is 0.160. The molecule has 2 rings (SSSR count). The van der Waals surface area contributed by atoms with Gasteiger partial charge < -0.3 is 9.88 Å². The Labute approximate surface area is 114 Å². The first-order valence-electron chi connectivity index (χ1n) is 6.65. The van der Waals surface area contributed by atoms with Crippen molar-refractivity contribution in [3.63, 3.8) is 0 Å². The van der Waals surface area contributed by atoms with E-state index in [9.17, 15) is 4.39 Å². The minimum Gasteiger partial charge on any atom is -0.352 e. The molecule has 0 bridgehead atoms. The van der Waals surface area contributed by atoms with Crippen LogP contribution in [0.1, 0.15) is 22.5 Å². The standard InChI is InChI=1S/C16H21FN2/c1-12-9-15(13(2)19(12)3)11-18-8-7-14-5-4-6-16(17)10-14/h4-6,9-10,18H,7-8,11H2,1-3H3. The second kappa shape index (κ2) is 6.02. The van der Waals surface area contributed by atoms with Crippen LogP contribution in [-0.4, -0.2) is 11.1 Å². The van der Waals surface area contributed by atoms with Crippen LogP contribution < -0.4 is 5.32 Å². The van der Waals surface area contributed by atoms with Crippen LogP contribution in [0.4, 0.5) is 4.39 Å². The van der Waals surface area contributed by atoms with Gasteiger partial charge >= 0.3 is 0 Å². The number of aryl methyl sites for hydroxylation is 1. The van der Waals surface area contributed by atoms with Crippen molar-refractivity contribution in [1.82, 2.24) is 9.88 Å². The molecule has 0 aliphatic carbocycles. The lowest BCUT2D eigenvalue weighted by atomic mass is 10.1. The summed E-state index contributed by atoms with van der Waals surface area (Å²) in [6.07, 6.45) is 0.850. The number of hydrogen-bond acceptors (Lipinski definition) is 1. The molecule has 2 nitrogen and oxygen atoms in total. The summed E-state index contributed by atoms with van der Waals surface area (Å²) in [5.41, 5.74) is 4.95. The second-order valence-electron chi connectivity index (χ2n) is 5.01. The van der Waals surface area contributed by atoms with Gasteiger partial charge in [0.05, 0.1) is 0 Å². The Balaban J connectivity index is 1.82. The Morgan fingerprint density at radius 1 is 1.21 bits per heavy atom. The van der Waals surface area contributed by atoms with E-state index in [1.54, 1.807) is 12.1 Å². The topological polar surface area (TPSA) is 17.0 Å². The molecule has 2 aromatic rings. The number of nitrogens with zero attached hydrogens (tertiary/aromatic N) is 1. The number of benzene rings is 1. The molecule has 1 aromatic carbocycles. The summed E-state index contributed by atoms with van der Waals surface area (Å²) < 4.78 is 15.2. The molecule has 0 saturated carbocycles. The molecule has 1 heterocycles. The Morgan fingerprint density at radius 2 is 2.00 bits per heavy atom. The fourth-order valence-corrected chi connectivity index (χ4v) is 2.26. The van der Waals surface area contributed by atoms with Crippen molar-refractivity contribution in [3.05, 3.63) is 58.7 Å². The molecule has 0 aliphatic rings. The molecule has 1 N–H and O–H groups in total. The van der Waals surface area contributed by atoms with Crippen LogP contribution in [0.3, 0.4) is 0 Å². The van der Waals surface area contributed by atoms with Gasteiger partial charge in [0.2, 0.25) is 0 Å². The number of halogens is 1. The molecule has 102 valence electrons.